The van der Waals surface area contributed by atoms with Gasteiger partial charge in [0, 0.05) is 25.8 Å². The van der Waals surface area contributed by atoms with Crippen molar-refractivity contribution in [1.82, 2.24) is 10.6 Å². The molecule has 13 nitrogen and oxygen atoms in total. The molecule has 0 aliphatic rings. The van der Waals surface area contributed by atoms with Crippen LogP contribution < -0.4 is 10.6 Å². The highest BCUT2D eigenvalue weighted by Gasteiger charge is 2.35. The van der Waals surface area contributed by atoms with Gasteiger partial charge in [0.1, 0.15) is 47.9 Å². The van der Waals surface area contributed by atoms with Crippen LogP contribution >= 0.6 is 0 Å². The van der Waals surface area contributed by atoms with Crippen molar-refractivity contribution in [1.29, 1.82) is 0 Å². The predicted octanol–water partition coefficient (Wildman–Crippen LogP) is 15.7. The van der Waals surface area contributed by atoms with Crippen molar-refractivity contribution < 1.29 is 51.6 Å². The highest BCUT2D eigenvalue weighted by Crippen LogP contribution is 2.28. The first kappa shape index (κ1) is 66.3. The first-order valence-corrected chi connectivity index (χ1v) is 29.2. The third kappa shape index (κ3) is 31.9. The smallest absolute Gasteiger partial charge is 0.407 e. The number of carbonyl (C=O) groups excluding carboxylic acids is 3. The zero-order valence-electron chi connectivity index (χ0n) is 48.6. The number of hydrogen-bond donors (Lipinski definition) is 2. The molecule has 5 atom stereocenters. The van der Waals surface area contributed by atoms with Crippen LogP contribution in [-0.2, 0) is 64.2 Å². The minimum absolute atomic E-state index is 0.0244. The van der Waals surface area contributed by atoms with Crippen LogP contribution in [0.1, 0.15) is 253 Å². The van der Waals surface area contributed by atoms with E-state index >= 15 is 0 Å². The average Bonchev–Trinajstić information content (AvgIpc) is 4.02. The molecule has 5 unspecified atom stereocenters. The average molecular weight is 1040 g/mol. The van der Waals surface area contributed by atoms with Crippen molar-refractivity contribution in [3.05, 3.63) is 59.6 Å². The van der Waals surface area contributed by atoms with Gasteiger partial charge in [0.2, 0.25) is 0 Å². The van der Waals surface area contributed by atoms with Gasteiger partial charge in [-0.2, -0.15) is 0 Å². The molecule has 0 bridgehead atoms. The number of unbranched alkanes of at least 4 members (excludes halogenated alkanes) is 19. The molecule has 426 valence electrons. The monoisotopic (exact) mass is 1040 g/mol. The maximum absolute atomic E-state index is 13.0. The maximum Gasteiger partial charge on any atom is 0.407 e. The Kier molecular flexibility index (Phi) is 34.7. The van der Waals surface area contributed by atoms with Crippen molar-refractivity contribution in [3.63, 3.8) is 0 Å². The van der Waals surface area contributed by atoms with Crippen molar-refractivity contribution in [2.24, 2.45) is 5.92 Å². The number of carbonyl (C=O) groups is 3. The van der Waals surface area contributed by atoms with E-state index in [1.807, 2.05) is 67.5 Å². The molecule has 2 rings (SSSR count). The summed E-state index contributed by atoms with van der Waals surface area (Å²) in [6, 6.07) is 6.84. The molecule has 0 saturated heterocycles. The fraction of sp³-hybridized carbons (Fsp3) is 0.787. The fourth-order valence-electron chi connectivity index (χ4n) is 8.77. The molecule has 2 heterocycles. The summed E-state index contributed by atoms with van der Waals surface area (Å²) < 4.78 is 47.4. The van der Waals surface area contributed by atoms with E-state index in [9.17, 15) is 14.4 Å². The predicted molar refractivity (Wildman–Crippen MR) is 297 cm³/mol. The van der Waals surface area contributed by atoms with Gasteiger partial charge >= 0.3 is 18.0 Å². The van der Waals surface area contributed by atoms with Gasteiger partial charge < -0.3 is 42.6 Å². The number of esters is 2. The first-order valence-electron chi connectivity index (χ1n) is 29.2. The molecule has 2 aromatic rings. The summed E-state index contributed by atoms with van der Waals surface area (Å²) in [5.41, 5.74) is -1.36. The van der Waals surface area contributed by atoms with Gasteiger partial charge in [0.05, 0.1) is 42.1 Å². The Bertz CT molecular complexity index is 1780. The quantitative estimate of drug-likeness (QED) is 0.0280. The number of nitrogens with one attached hydrogen (secondary N) is 2. The molecule has 0 aliphatic carbocycles. The van der Waals surface area contributed by atoms with Gasteiger partial charge in [-0.25, -0.2) is 4.79 Å². The number of furan rings is 2. The molecule has 0 spiro atoms. The van der Waals surface area contributed by atoms with E-state index in [4.69, 9.17) is 37.3 Å². The summed E-state index contributed by atoms with van der Waals surface area (Å²) in [6.45, 7) is 27.2. The van der Waals surface area contributed by atoms with Gasteiger partial charge in [0.15, 0.2) is 6.61 Å². The Balaban J connectivity index is 1.60. The van der Waals surface area contributed by atoms with E-state index in [1.165, 1.54) is 116 Å². The summed E-state index contributed by atoms with van der Waals surface area (Å²) in [7, 11) is 0. The van der Waals surface area contributed by atoms with Crippen LogP contribution in [0.4, 0.5) is 4.79 Å². The number of rotatable bonds is 46. The summed E-state index contributed by atoms with van der Waals surface area (Å²) in [5, 5.41) is 5.98. The molecule has 74 heavy (non-hydrogen) atoms. The fourth-order valence-corrected chi connectivity index (χ4v) is 8.77. The lowest BCUT2D eigenvalue weighted by Crippen LogP contribution is -2.46. The molecular weight excluding hydrogens is 937 g/mol. The lowest BCUT2D eigenvalue weighted by atomic mass is 9.97. The molecule has 2 aromatic heterocycles. The number of amides is 1. The summed E-state index contributed by atoms with van der Waals surface area (Å²) in [4.78, 5) is 38.3. The Morgan fingerprint density at radius 3 is 1.68 bits per heavy atom. The second-order valence-corrected chi connectivity index (χ2v) is 22.2. The highest BCUT2D eigenvalue weighted by molar-refractivity contribution is 5.75. The Labute approximate surface area is 449 Å². The van der Waals surface area contributed by atoms with E-state index in [1.54, 1.807) is 19.1 Å². The Hall–Kier alpha value is -3.81. The van der Waals surface area contributed by atoms with Crippen LogP contribution in [0.5, 0.6) is 0 Å². The molecule has 13 heteroatoms. The number of allylic oxidation sites excluding steroid dienone is 1. The normalized spacial score (nSPS) is 14.0. The Morgan fingerprint density at radius 2 is 1.09 bits per heavy atom. The van der Waals surface area contributed by atoms with Crippen LogP contribution in [0.2, 0.25) is 0 Å². The lowest BCUT2D eigenvalue weighted by Gasteiger charge is -2.39. The summed E-state index contributed by atoms with van der Waals surface area (Å²) in [6.07, 6.45) is 27.7. The standard InChI is InChI=1S/C61H106N2O11/c1-13-15-17-19-21-23-25-26-28-30-32-34-48(4)67-45-55-39-37-53(72-55)36-35-47(3)57(64)71-50(6)44-69-61(11,12)52(8)74-60(9,10)42-49(5)70-58(65)51(7)63-43-54-38-40-56(73-54)46-68-59(66)62-41-33-31-29-27-24-22-20-18-16-14-2/h37-40,47,49-52,63H,4,13-36,41-46H2,1-3,5-12H3,(H,62,66). The van der Waals surface area contributed by atoms with Gasteiger partial charge in [-0.05, 0) is 98.9 Å². The van der Waals surface area contributed by atoms with Crippen molar-refractivity contribution >= 4 is 18.0 Å². The van der Waals surface area contributed by atoms with E-state index < -0.39 is 35.5 Å². The molecule has 0 aliphatic heterocycles. The second kappa shape index (κ2) is 38.7. The van der Waals surface area contributed by atoms with Crippen LogP contribution in [0.3, 0.4) is 0 Å². The lowest BCUT2D eigenvalue weighted by molar-refractivity contribution is -0.188. The number of aryl methyl sites for hydroxylation is 1. The molecule has 1 amide bonds. The van der Waals surface area contributed by atoms with E-state index in [0.717, 1.165) is 43.0 Å². The van der Waals surface area contributed by atoms with Crippen molar-refractivity contribution in [2.75, 3.05) is 13.2 Å². The zero-order chi connectivity index (χ0) is 54.6. The van der Waals surface area contributed by atoms with E-state index in [-0.39, 0.29) is 37.2 Å². The maximum atomic E-state index is 13.0. The Morgan fingerprint density at radius 1 is 0.608 bits per heavy atom. The number of alkyl carbamates (subject to hydrolysis) is 1. The van der Waals surface area contributed by atoms with Crippen molar-refractivity contribution in [3.8, 4) is 0 Å². The molecule has 0 fully saturated rings. The van der Waals surface area contributed by atoms with E-state index in [2.05, 4.69) is 31.1 Å². The molecular formula is C61H106N2O11. The third-order valence-corrected chi connectivity index (χ3v) is 13.8. The largest absolute Gasteiger partial charge is 0.491 e. The van der Waals surface area contributed by atoms with Gasteiger partial charge in [-0.3, -0.25) is 14.9 Å². The van der Waals surface area contributed by atoms with Crippen LogP contribution in [0, 0.1) is 5.92 Å². The van der Waals surface area contributed by atoms with Gasteiger partial charge in [-0.1, -0.05) is 149 Å². The molecule has 0 aromatic carbocycles. The number of hydrogen-bond acceptors (Lipinski definition) is 12. The summed E-state index contributed by atoms with van der Waals surface area (Å²) >= 11 is 0. The summed E-state index contributed by atoms with van der Waals surface area (Å²) in [5.74, 6) is 2.50. The molecule has 0 saturated carbocycles. The first-order chi connectivity index (χ1) is 35.3. The van der Waals surface area contributed by atoms with Gasteiger partial charge in [-0.15, -0.1) is 0 Å². The third-order valence-electron chi connectivity index (χ3n) is 13.8. The van der Waals surface area contributed by atoms with Gasteiger partial charge in [0.25, 0.3) is 0 Å². The van der Waals surface area contributed by atoms with Crippen molar-refractivity contribution in [2.45, 2.75) is 292 Å². The highest BCUT2D eigenvalue weighted by atomic mass is 16.6. The van der Waals surface area contributed by atoms with Crippen LogP contribution in [-0.4, -0.2) is 66.7 Å². The second-order valence-electron chi connectivity index (χ2n) is 22.2. The molecule has 2 N–H and O–H groups in total. The van der Waals surface area contributed by atoms with Crippen LogP contribution in [0.25, 0.3) is 0 Å². The zero-order valence-corrected chi connectivity index (χ0v) is 48.6. The van der Waals surface area contributed by atoms with E-state index in [0.29, 0.717) is 50.5 Å². The number of ether oxygens (including phenoxy) is 6. The van der Waals surface area contributed by atoms with Crippen LogP contribution in [0.15, 0.2) is 45.4 Å². The minimum atomic E-state index is -0.710. The topological polar surface area (TPSA) is 157 Å². The minimum Gasteiger partial charge on any atom is -0.491 e. The molecule has 0 radical (unpaired) electrons. The SMILES string of the molecule is C=C(CCCCCCCCCCCCC)OCc1ccc(CCC(C)C(=O)OC(C)COC(C)(C)C(C)OC(C)(C)CC(C)OC(=O)C(C)NCc2ccc(COC(=O)NCCCCCCCCCCCC)o2)o1.